The van der Waals surface area contributed by atoms with Crippen LogP contribution in [0, 0.1) is 11.8 Å². The van der Waals surface area contributed by atoms with Gasteiger partial charge in [0.1, 0.15) is 0 Å². The van der Waals surface area contributed by atoms with E-state index in [1.54, 1.807) is 0 Å². The Morgan fingerprint density at radius 1 is 1.10 bits per heavy atom. The van der Waals surface area contributed by atoms with Crippen LogP contribution in [0.4, 0.5) is 0 Å². The normalized spacial score (nSPS) is 28.7. The molecule has 21 heavy (non-hydrogen) atoms. The summed E-state index contributed by atoms with van der Waals surface area (Å²) in [6.45, 7) is 0.772. The number of fused-ring (bicyclic) bond motifs is 1. The van der Waals surface area contributed by atoms with E-state index in [-0.39, 0.29) is 11.8 Å². The highest BCUT2D eigenvalue weighted by Crippen LogP contribution is 2.29. The van der Waals surface area contributed by atoms with E-state index in [2.05, 4.69) is 29.6 Å². The molecule has 1 atom stereocenters. The molecule has 1 unspecified atom stereocenters. The molecule has 1 aromatic carbocycles. The van der Waals surface area contributed by atoms with Gasteiger partial charge in [-0.2, -0.15) is 0 Å². The maximum Gasteiger partial charge on any atom is 0.223 e. The first-order valence-corrected chi connectivity index (χ1v) is 8.33. The summed E-state index contributed by atoms with van der Waals surface area (Å²) >= 11 is 0. The number of nitrogens with two attached hydrogens (primary N) is 1. The van der Waals surface area contributed by atoms with Crippen LogP contribution in [0.15, 0.2) is 24.3 Å². The predicted octanol–water partition coefficient (Wildman–Crippen LogP) is 2.43. The lowest BCUT2D eigenvalue weighted by molar-refractivity contribution is -0.127. The smallest absolute Gasteiger partial charge is 0.223 e. The maximum atomic E-state index is 12.4. The molecule has 1 amide bonds. The van der Waals surface area contributed by atoms with Gasteiger partial charge >= 0.3 is 0 Å². The average Bonchev–Trinajstić information content (AvgIpc) is 2.55. The maximum absolute atomic E-state index is 12.4. The largest absolute Gasteiger partial charge is 0.353 e. The molecule has 3 nitrogen and oxygen atoms in total. The van der Waals surface area contributed by atoms with Crippen LogP contribution < -0.4 is 11.1 Å². The number of hydrogen-bond acceptors (Lipinski definition) is 2. The van der Waals surface area contributed by atoms with Crippen LogP contribution in [-0.2, 0) is 17.6 Å². The lowest BCUT2D eigenvalue weighted by atomic mass is 9.81. The Morgan fingerprint density at radius 2 is 1.81 bits per heavy atom. The molecule has 0 aromatic heterocycles. The van der Waals surface area contributed by atoms with E-state index in [1.165, 1.54) is 11.1 Å². The molecule has 3 heteroatoms. The van der Waals surface area contributed by atoms with E-state index in [9.17, 15) is 4.79 Å². The predicted molar refractivity (Wildman–Crippen MR) is 84.9 cm³/mol. The zero-order valence-corrected chi connectivity index (χ0v) is 12.7. The molecule has 1 fully saturated rings. The minimum atomic E-state index is 0.213. The third kappa shape index (κ3) is 3.46. The van der Waals surface area contributed by atoms with Crippen LogP contribution >= 0.6 is 0 Å². The quantitative estimate of drug-likeness (QED) is 0.896. The molecule has 3 N–H and O–H groups in total. The van der Waals surface area contributed by atoms with Crippen molar-refractivity contribution in [3.63, 3.8) is 0 Å². The van der Waals surface area contributed by atoms with E-state index in [0.29, 0.717) is 12.0 Å². The van der Waals surface area contributed by atoms with Gasteiger partial charge in [0.2, 0.25) is 5.91 Å². The molecule has 1 saturated carbocycles. The van der Waals surface area contributed by atoms with Crippen molar-refractivity contribution in [2.75, 3.05) is 6.54 Å². The third-order valence-corrected chi connectivity index (χ3v) is 5.24. The molecular formula is C18H26N2O. The minimum absolute atomic E-state index is 0.213. The van der Waals surface area contributed by atoms with E-state index < -0.39 is 0 Å². The first-order chi connectivity index (χ1) is 10.3. The lowest BCUT2D eigenvalue weighted by Gasteiger charge is -2.30. The van der Waals surface area contributed by atoms with Crippen molar-refractivity contribution in [1.82, 2.24) is 5.32 Å². The molecule has 0 aliphatic heterocycles. The van der Waals surface area contributed by atoms with Crippen molar-refractivity contribution in [2.45, 2.75) is 51.0 Å². The summed E-state index contributed by atoms with van der Waals surface area (Å²) in [5.41, 5.74) is 8.57. The number of amides is 1. The van der Waals surface area contributed by atoms with Crippen LogP contribution in [0.2, 0.25) is 0 Å². The molecule has 2 aliphatic rings. The first-order valence-electron chi connectivity index (χ1n) is 8.33. The fraction of sp³-hybridized carbons (Fsp3) is 0.611. The monoisotopic (exact) mass is 286 g/mol. The zero-order chi connectivity index (χ0) is 14.7. The van der Waals surface area contributed by atoms with Crippen LogP contribution in [0.1, 0.15) is 43.2 Å². The number of rotatable bonds is 3. The van der Waals surface area contributed by atoms with Gasteiger partial charge in [-0.05, 0) is 68.5 Å². The van der Waals surface area contributed by atoms with Gasteiger partial charge in [0.15, 0.2) is 0 Å². The van der Waals surface area contributed by atoms with E-state index >= 15 is 0 Å². The Labute approximate surface area is 127 Å². The Kier molecular flexibility index (Phi) is 4.59. The summed E-state index contributed by atoms with van der Waals surface area (Å²) < 4.78 is 0. The summed E-state index contributed by atoms with van der Waals surface area (Å²) in [5.74, 6) is 1.12. The summed E-state index contributed by atoms with van der Waals surface area (Å²) in [6, 6.07) is 8.92. The second-order valence-corrected chi connectivity index (χ2v) is 6.67. The van der Waals surface area contributed by atoms with Crippen LogP contribution in [-0.4, -0.2) is 18.5 Å². The number of benzene rings is 1. The lowest BCUT2D eigenvalue weighted by Crippen LogP contribution is -2.43. The van der Waals surface area contributed by atoms with Gasteiger partial charge in [-0.25, -0.2) is 0 Å². The molecule has 114 valence electrons. The van der Waals surface area contributed by atoms with Crippen molar-refractivity contribution in [2.24, 2.45) is 17.6 Å². The number of aryl methyl sites for hydroxylation is 1. The van der Waals surface area contributed by atoms with Crippen LogP contribution in [0.5, 0.6) is 0 Å². The van der Waals surface area contributed by atoms with Crippen molar-refractivity contribution in [1.29, 1.82) is 0 Å². The average molecular weight is 286 g/mol. The number of carbonyl (C=O) groups is 1. The Morgan fingerprint density at radius 3 is 2.52 bits per heavy atom. The SMILES string of the molecule is NCC1CCC(C(=O)NC2CCc3ccccc3C2)CC1. The molecule has 0 bridgehead atoms. The summed E-state index contributed by atoms with van der Waals surface area (Å²) in [5, 5.41) is 3.29. The molecule has 0 saturated heterocycles. The highest BCUT2D eigenvalue weighted by Gasteiger charge is 2.28. The van der Waals surface area contributed by atoms with Crippen molar-refractivity contribution in [3.8, 4) is 0 Å². The molecule has 0 spiro atoms. The van der Waals surface area contributed by atoms with Gasteiger partial charge < -0.3 is 11.1 Å². The molecule has 3 rings (SSSR count). The number of nitrogens with one attached hydrogen (secondary N) is 1. The molecule has 2 aliphatic carbocycles. The zero-order valence-electron chi connectivity index (χ0n) is 12.7. The van der Waals surface area contributed by atoms with Crippen molar-refractivity contribution in [3.05, 3.63) is 35.4 Å². The minimum Gasteiger partial charge on any atom is -0.353 e. The van der Waals surface area contributed by atoms with Gasteiger partial charge in [0.25, 0.3) is 0 Å². The van der Waals surface area contributed by atoms with Gasteiger partial charge in [-0.1, -0.05) is 24.3 Å². The Balaban J connectivity index is 1.52. The summed E-state index contributed by atoms with van der Waals surface area (Å²) in [4.78, 5) is 12.4. The number of carbonyl (C=O) groups excluding carboxylic acids is 1. The third-order valence-electron chi connectivity index (χ3n) is 5.24. The Bertz CT molecular complexity index is 492. The van der Waals surface area contributed by atoms with Crippen molar-refractivity contribution < 1.29 is 4.79 Å². The highest BCUT2D eigenvalue weighted by atomic mass is 16.1. The van der Waals surface area contributed by atoms with Crippen LogP contribution in [0.3, 0.4) is 0 Å². The van der Waals surface area contributed by atoms with Gasteiger partial charge in [-0.15, -0.1) is 0 Å². The molecule has 1 aromatic rings. The number of hydrogen-bond donors (Lipinski definition) is 2. The standard InChI is InChI=1S/C18H26N2O/c19-12-13-5-7-15(8-6-13)18(21)20-17-10-9-14-3-1-2-4-16(14)11-17/h1-4,13,15,17H,5-12,19H2,(H,20,21). The van der Waals surface area contributed by atoms with E-state index in [4.69, 9.17) is 5.73 Å². The Hall–Kier alpha value is -1.35. The van der Waals surface area contributed by atoms with Crippen molar-refractivity contribution >= 4 is 5.91 Å². The fourth-order valence-corrected chi connectivity index (χ4v) is 3.80. The summed E-state index contributed by atoms with van der Waals surface area (Å²) in [6.07, 6.45) is 7.39. The topological polar surface area (TPSA) is 55.1 Å². The first kappa shape index (κ1) is 14.6. The summed E-state index contributed by atoms with van der Waals surface area (Å²) in [7, 11) is 0. The fourth-order valence-electron chi connectivity index (χ4n) is 3.80. The highest BCUT2D eigenvalue weighted by molar-refractivity contribution is 5.79. The van der Waals surface area contributed by atoms with E-state index in [1.807, 2.05) is 0 Å². The second kappa shape index (κ2) is 6.61. The molecule has 0 radical (unpaired) electrons. The molecule has 0 heterocycles. The molecular weight excluding hydrogens is 260 g/mol. The van der Waals surface area contributed by atoms with Gasteiger partial charge in [0, 0.05) is 12.0 Å². The van der Waals surface area contributed by atoms with Gasteiger partial charge in [-0.3, -0.25) is 4.79 Å². The van der Waals surface area contributed by atoms with Gasteiger partial charge in [0.05, 0.1) is 0 Å². The van der Waals surface area contributed by atoms with E-state index in [0.717, 1.165) is 51.5 Å². The second-order valence-electron chi connectivity index (χ2n) is 6.67. The van der Waals surface area contributed by atoms with Crippen LogP contribution in [0.25, 0.3) is 0 Å².